The van der Waals surface area contributed by atoms with Gasteiger partial charge in [-0.25, -0.2) is 9.97 Å². The molecule has 0 atom stereocenters. The van der Waals surface area contributed by atoms with Gasteiger partial charge in [-0.1, -0.05) is 6.92 Å². The predicted molar refractivity (Wildman–Crippen MR) is 52.9 cm³/mol. The molecule has 2 rings (SSSR count). The van der Waals surface area contributed by atoms with E-state index in [1.807, 2.05) is 7.05 Å². The summed E-state index contributed by atoms with van der Waals surface area (Å²) in [4.78, 5) is 8.87. The van der Waals surface area contributed by atoms with Gasteiger partial charge in [0, 0.05) is 31.1 Å². The Hall–Kier alpha value is -1.12. The number of aryl methyl sites for hydroxylation is 1. The second-order valence-electron chi connectivity index (χ2n) is 3.47. The molecule has 0 radical (unpaired) electrons. The van der Waals surface area contributed by atoms with Crippen LogP contribution >= 0.6 is 0 Å². The van der Waals surface area contributed by atoms with Crippen molar-refractivity contribution in [1.82, 2.24) is 9.97 Å². The third-order valence-electron chi connectivity index (χ3n) is 2.36. The highest BCUT2D eigenvalue weighted by Crippen LogP contribution is 2.39. The molecular formula is C10H15N3. The molecule has 0 amide bonds. The second-order valence-corrected chi connectivity index (χ2v) is 3.47. The third kappa shape index (κ3) is 1.79. The Morgan fingerprint density at radius 1 is 1.46 bits per heavy atom. The van der Waals surface area contributed by atoms with Crippen molar-refractivity contribution < 1.29 is 0 Å². The summed E-state index contributed by atoms with van der Waals surface area (Å²) in [7, 11) is 1.90. The fourth-order valence-electron chi connectivity index (χ4n) is 1.39. The first-order valence-corrected chi connectivity index (χ1v) is 4.89. The van der Waals surface area contributed by atoms with Crippen LogP contribution in [-0.4, -0.2) is 17.0 Å². The summed E-state index contributed by atoms with van der Waals surface area (Å²) in [6.45, 7) is 2.09. The maximum atomic E-state index is 4.51. The summed E-state index contributed by atoms with van der Waals surface area (Å²) in [6, 6.07) is 2.07. The number of nitrogens with one attached hydrogen (secondary N) is 1. The molecule has 0 unspecified atom stereocenters. The Bertz CT molecular complexity index is 283. The molecule has 70 valence electrons. The van der Waals surface area contributed by atoms with Gasteiger partial charge in [0.2, 0.25) is 0 Å². The summed E-state index contributed by atoms with van der Waals surface area (Å²) in [5.74, 6) is 2.61. The topological polar surface area (TPSA) is 37.8 Å². The number of aromatic nitrogens is 2. The Labute approximate surface area is 78.6 Å². The molecule has 1 aromatic rings. The van der Waals surface area contributed by atoms with Crippen molar-refractivity contribution in [2.24, 2.45) is 0 Å². The monoisotopic (exact) mass is 177 g/mol. The van der Waals surface area contributed by atoms with Crippen molar-refractivity contribution in [2.75, 3.05) is 12.4 Å². The molecule has 0 saturated heterocycles. The van der Waals surface area contributed by atoms with Crippen molar-refractivity contribution in [3.63, 3.8) is 0 Å². The molecule has 3 heteroatoms. The van der Waals surface area contributed by atoms with E-state index < -0.39 is 0 Å². The van der Waals surface area contributed by atoms with Crippen LogP contribution in [0.5, 0.6) is 0 Å². The maximum absolute atomic E-state index is 4.51. The van der Waals surface area contributed by atoms with Gasteiger partial charge in [0.05, 0.1) is 0 Å². The first kappa shape index (κ1) is 8.48. The fourth-order valence-corrected chi connectivity index (χ4v) is 1.39. The smallest absolute Gasteiger partial charge is 0.130 e. The Balaban J connectivity index is 2.33. The standard InChI is InChI=1S/C10H15N3/c1-3-9-12-8(7-4-5-7)6-10(11-2)13-9/h6-7H,3-5H2,1-2H3,(H,11,12,13). The van der Waals surface area contributed by atoms with Crippen LogP contribution < -0.4 is 5.32 Å². The predicted octanol–water partition coefficient (Wildman–Crippen LogP) is 1.96. The SMILES string of the molecule is CCc1nc(NC)cc(C2CC2)n1. The summed E-state index contributed by atoms with van der Waals surface area (Å²) >= 11 is 0. The van der Waals surface area contributed by atoms with Gasteiger partial charge < -0.3 is 5.32 Å². The molecule has 13 heavy (non-hydrogen) atoms. The van der Waals surface area contributed by atoms with Gasteiger partial charge in [0.25, 0.3) is 0 Å². The van der Waals surface area contributed by atoms with Gasteiger partial charge in [-0.2, -0.15) is 0 Å². The zero-order valence-electron chi connectivity index (χ0n) is 8.17. The van der Waals surface area contributed by atoms with Crippen LogP contribution in [-0.2, 0) is 6.42 Å². The molecule has 1 aliphatic rings. The molecule has 1 aliphatic carbocycles. The van der Waals surface area contributed by atoms with E-state index >= 15 is 0 Å². The Morgan fingerprint density at radius 3 is 2.77 bits per heavy atom. The molecule has 0 aliphatic heterocycles. The lowest BCUT2D eigenvalue weighted by Gasteiger charge is -2.05. The molecule has 1 saturated carbocycles. The quantitative estimate of drug-likeness (QED) is 0.767. The second kappa shape index (κ2) is 3.32. The normalized spacial score (nSPS) is 15.8. The van der Waals surface area contributed by atoms with E-state index in [2.05, 4.69) is 28.3 Å². The molecule has 3 nitrogen and oxygen atoms in total. The highest BCUT2D eigenvalue weighted by atomic mass is 15.0. The van der Waals surface area contributed by atoms with E-state index in [9.17, 15) is 0 Å². The molecule has 0 aromatic carbocycles. The van der Waals surface area contributed by atoms with Crippen LogP contribution in [0.2, 0.25) is 0 Å². The zero-order valence-corrected chi connectivity index (χ0v) is 8.17. The minimum Gasteiger partial charge on any atom is -0.373 e. The molecule has 1 N–H and O–H groups in total. The number of rotatable bonds is 3. The van der Waals surface area contributed by atoms with Gasteiger partial charge >= 0.3 is 0 Å². The van der Waals surface area contributed by atoms with E-state index in [0.717, 1.165) is 18.1 Å². The summed E-state index contributed by atoms with van der Waals surface area (Å²) in [6.07, 6.45) is 3.50. The lowest BCUT2D eigenvalue weighted by atomic mass is 10.2. The van der Waals surface area contributed by atoms with Crippen molar-refractivity contribution in [1.29, 1.82) is 0 Å². The highest BCUT2D eigenvalue weighted by molar-refractivity contribution is 5.37. The van der Waals surface area contributed by atoms with Gasteiger partial charge in [0.15, 0.2) is 0 Å². The van der Waals surface area contributed by atoms with Crippen LogP contribution in [0.1, 0.15) is 37.2 Å². The van der Waals surface area contributed by atoms with E-state index in [-0.39, 0.29) is 0 Å². The van der Waals surface area contributed by atoms with Crippen LogP contribution in [0.25, 0.3) is 0 Å². The summed E-state index contributed by atoms with van der Waals surface area (Å²) in [5, 5.41) is 3.07. The van der Waals surface area contributed by atoms with Crippen LogP contribution in [0.15, 0.2) is 6.07 Å². The lowest BCUT2D eigenvalue weighted by molar-refractivity contribution is 0.884. The van der Waals surface area contributed by atoms with Gasteiger partial charge in [-0.05, 0) is 12.8 Å². The first-order valence-electron chi connectivity index (χ1n) is 4.89. The van der Waals surface area contributed by atoms with Gasteiger partial charge in [0.1, 0.15) is 11.6 Å². The fraction of sp³-hybridized carbons (Fsp3) is 0.600. The molecule has 1 fully saturated rings. The van der Waals surface area contributed by atoms with Crippen LogP contribution in [0, 0.1) is 0 Å². The van der Waals surface area contributed by atoms with Crippen molar-refractivity contribution in [3.05, 3.63) is 17.6 Å². The number of hydrogen-bond donors (Lipinski definition) is 1. The highest BCUT2D eigenvalue weighted by Gasteiger charge is 2.25. The summed E-state index contributed by atoms with van der Waals surface area (Å²) in [5.41, 5.74) is 1.22. The largest absolute Gasteiger partial charge is 0.373 e. The van der Waals surface area contributed by atoms with Gasteiger partial charge in [-0.3, -0.25) is 0 Å². The van der Waals surface area contributed by atoms with Gasteiger partial charge in [-0.15, -0.1) is 0 Å². The van der Waals surface area contributed by atoms with E-state index in [1.54, 1.807) is 0 Å². The van der Waals surface area contributed by atoms with E-state index in [4.69, 9.17) is 0 Å². The molecule has 0 spiro atoms. The molecular weight excluding hydrogens is 162 g/mol. The average molecular weight is 177 g/mol. The maximum Gasteiger partial charge on any atom is 0.130 e. The average Bonchev–Trinajstić information content (AvgIpc) is 3.00. The Kier molecular flexibility index (Phi) is 2.17. The molecule has 1 aromatic heterocycles. The van der Waals surface area contributed by atoms with Crippen molar-refractivity contribution >= 4 is 5.82 Å². The molecule has 0 bridgehead atoms. The Morgan fingerprint density at radius 2 is 2.23 bits per heavy atom. The number of nitrogens with zero attached hydrogens (tertiary/aromatic N) is 2. The van der Waals surface area contributed by atoms with Crippen LogP contribution in [0.4, 0.5) is 5.82 Å². The van der Waals surface area contributed by atoms with E-state index in [0.29, 0.717) is 5.92 Å². The minimum absolute atomic E-state index is 0.709. The summed E-state index contributed by atoms with van der Waals surface area (Å²) < 4.78 is 0. The minimum atomic E-state index is 0.709. The zero-order chi connectivity index (χ0) is 9.26. The third-order valence-corrected chi connectivity index (χ3v) is 2.36. The van der Waals surface area contributed by atoms with Crippen molar-refractivity contribution in [2.45, 2.75) is 32.1 Å². The number of hydrogen-bond acceptors (Lipinski definition) is 3. The molecule has 1 heterocycles. The number of anilines is 1. The van der Waals surface area contributed by atoms with E-state index in [1.165, 1.54) is 18.5 Å². The lowest BCUT2D eigenvalue weighted by Crippen LogP contribution is -2.01. The first-order chi connectivity index (χ1) is 6.33. The van der Waals surface area contributed by atoms with Crippen molar-refractivity contribution in [3.8, 4) is 0 Å². The van der Waals surface area contributed by atoms with Crippen LogP contribution in [0.3, 0.4) is 0 Å².